The molecule has 0 saturated heterocycles. The highest BCUT2D eigenvalue weighted by molar-refractivity contribution is 5.37. The zero-order valence-electron chi connectivity index (χ0n) is 9.16. The van der Waals surface area contributed by atoms with Gasteiger partial charge in [0.2, 0.25) is 0 Å². The Balaban J connectivity index is 2.70. The molecular weight excluding hydrogens is 188 g/mol. The first-order valence-corrected chi connectivity index (χ1v) is 5.02. The Kier molecular flexibility index (Phi) is 4.65. The molecule has 0 aliphatic carbocycles. The van der Waals surface area contributed by atoms with Crippen LogP contribution in [0.4, 0.5) is 0 Å². The zero-order chi connectivity index (χ0) is 11.1. The molecule has 0 bridgehead atoms. The summed E-state index contributed by atoms with van der Waals surface area (Å²) in [5.41, 5.74) is 6.61. The first-order valence-electron chi connectivity index (χ1n) is 5.02. The molecule has 0 amide bonds. The highest BCUT2D eigenvalue weighted by Gasteiger charge is 1.95. The van der Waals surface area contributed by atoms with E-state index in [0.717, 1.165) is 18.4 Å². The van der Waals surface area contributed by atoms with Crippen molar-refractivity contribution in [3.8, 4) is 17.6 Å². The molecule has 0 fully saturated rings. The lowest BCUT2D eigenvalue weighted by Gasteiger charge is -2.00. The lowest BCUT2D eigenvalue weighted by Crippen LogP contribution is -2.16. The van der Waals surface area contributed by atoms with Crippen molar-refractivity contribution in [2.75, 3.05) is 7.11 Å². The third-order valence-electron chi connectivity index (χ3n) is 1.95. The van der Waals surface area contributed by atoms with E-state index in [1.165, 1.54) is 0 Å². The van der Waals surface area contributed by atoms with E-state index >= 15 is 0 Å². The number of methoxy groups -OCH3 is 1. The molecule has 0 aliphatic rings. The molecule has 0 spiro atoms. The lowest BCUT2D eigenvalue weighted by molar-refractivity contribution is 0.413. The monoisotopic (exact) mass is 204 g/mol. The van der Waals surface area contributed by atoms with Gasteiger partial charge in [-0.15, -0.1) is 0 Å². The minimum absolute atomic E-state index is 0.0544. The van der Waals surface area contributed by atoms with Gasteiger partial charge in [-0.1, -0.05) is 25.2 Å². The molecule has 1 unspecified atom stereocenters. The molecule has 3 heteroatoms. The number of nitrogens with two attached hydrogens (primary N) is 1. The highest BCUT2D eigenvalue weighted by Crippen LogP contribution is 2.08. The van der Waals surface area contributed by atoms with Gasteiger partial charge >= 0.3 is 0 Å². The van der Waals surface area contributed by atoms with Gasteiger partial charge in [0.15, 0.2) is 0 Å². The average Bonchev–Trinajstić information content (AvgIpc) is 2.27. The van der Waals surface area contributed by atoms with Crippen LogP contribution in [0.5, 0.6) is 5.75 Å². The van der Waals surface area contributed by atoms with Gasteiger partial charge in [0, 0.05) is 11.8 Å². The smallest absolute Gasteiger partial charge is 0.138 e. The Morgan fingerprint density at radius 2 is 2.33 bits per heavy atom. The van der Waals surface area contributed by atoms with Gasteiger partial charge in [-0.25, -0.2) is 0 Å². The summed E-state index contributed by atoms with van der Waals surface area (Å²) in [6.45, 7) is 2.09. The van der Waals surface area contributed by atoms with Gasteiger partial charge < -0.3 is 10.5 Å². The van der Waals surface area contributed by atoms with E-state index < -0.39 is 0 Å². The average molecular weight is 204 g/mol. The van der Waals surface area contributed by atoms with E-state index in [-0.39, 0.29) is 6.04 Å². The molecule has 0 radical (unpaired) electrons. The SMILES string of the molecule is CCCC(N)C#Cc1cncc(OC)c1. The first kappa shape index (κ1) is 11.5. The van der Waals surface area contributed by atoms with Crippen LogP contribution < -0.4 is 10.5 Å². The molecule has 0 aromatic carbocycles. The minimum atomic E-state index is -0.0544. The van der Waals surface area contributed by atoms with E-state index in [9.17, 15) is 0 Å². The van der Waals surface area contributed by atoms with Gasteiger partial charge in [-0.2, -0.15) is 0 Å². The highest BCUT2D eigenvalue weighted by atomic mass is 16.5. The zero-order valence-corrected chi connectivity index (χ0v) is 9.16. The van der Waals surface area contributed by atoms with Gasteiger partial charge in [-0.05, 0) is 12.5 Å². The lowest BCUT2D eigenvalue weighted by atomic mass is 10.2. The van der Waals surface area contributed by atoms with Crippen LogP contribution in [0.15, 0.2) is 18.5 Å². The molecule has 0 saturated carbocycles. The number of pyridine rings is 1. The number of aromatic nitrogens is 1. The Morgan fingerprint density at radius 1 is 1.53 bits per heavy atom. The third kappa shape index (κ3) is 4.01. The fourth-order valence-electron chi connectivity index (χ4n) is 1.16. The van der Waals surface area contributed by atoms with Gasteiger partial charge in [0.25, 0.3) is 0 Å². The summed E-state index contributed by atoms with van der Waals surface area (Å²) in [6, 6.07) is 1.79. The standard InChI is InChI=1S/C12H16N2O/c1-3-4-11(13)6-5-10-7-12(15-2)9-14-8-10/h7-9,11H,3-4,13H2,1-2H3. The summed E-state index contributed by atoms with van der Waals surface area (Å²) in [5, 5.41) is 0. The largest absolute Gasteiger partial charge is 0.495 e. The summed E-state index contributed by atoms with van der Waals surface area (Å²) in [7, 11) is 1.61. The Bertz CT molecular complexity index is 365. The topological polar surface area (TPSA) is 48.1 Å². The van der Waals surface area contributed by atoms with Crippen LogP contribution in [-0.2, 0) is 0 Å². The maximum Gasteiger partial charge on any atom is 0.138 e. The van der Waals surface area contributed by atoms with Gasteiger partial charge in [0.05, 0.1) is 19.3 Å². The van der Waals surface area contributed by atoms with Gasteiger partial charge in [-0.3, -0.25) is 4.98 Å². The molecule has 1 aromatic rings. The predicted octanol–water partition coefficient (Wildman–Crippen LogP) is 1.57. The summed E-state index contributed by atoms with van der Waals surface area (Å²) in [4.78, 5) is 4.01. The normalized spacial score (nSPS) is 11.4. The van der Waals surface area contributed by atoms with Crippen LogP contribution in [0.3, 0.4) is 0 Å². The molecular formula is C12H16N2O. The summed E-state index contributed by atoms with van der Waals surface area (Å²) < 4.78 is 5.05. The molecule has 1 atom stereocenters. The minimum Gasteiger partial charge on any atom is -0.495 e. The maximum absolute atomic E-state index is 5.78. The molecule has 1 rings (SSSR count). The van der Waals surface area contributed by atoms with Gasteiger partial charge in [0.1, 0.15) is 5.75 Å². The fourth-order valence-corrected chi connectivity index (χ4v) is 1.16. The van der Waals surface area contributed by atoms with Crippen molar-refractivity contribution in [1.29, 1.82) is 0 Å². The van der Waals surface area contributed by atoms with Crippen LogP contribution >= 0.6 is 0 Å². The number of nitrogens with zero attached hydrogens (tertiary/aromatic N) is 1. The summed E-state index contributed by atoms with van der Waals surface area (Å²) >= 11 is 0. The Labute approximate surface area is 90.7 Å². The third-order valence-corrected chi connectivity index (χ3v) is 1.95. The Morgan fingerprint density at radius 3 is 3.00 bits per heavy atom. The molecule has 3 nitrogen and oxygen atoms in total. The van der Waals surface area contributed by atoms with Crippen LogP contribution in [0, 0.1) is 11.8 Å². The fraction of sp³-hybridized carbons (Fsp3) is 0.417. The molecule has 80 valence electrons. The van der Waals surface area contributed by atoms with E-state index in [4.69, 9.17) is 10.5 Å². The van der Waals surface area contributed by atoms with E-state index in [0.29, 0.717) is 5.75 Å². The van der Waals surface area contributed by atoms with Crippen molar-refractivity contribution < 1.29 is 4.74 Å². The van der Waals surface area contributed by atoms with E-state index in [1.54, 1.807) is 19.5 Å². The molecule has 2 N–H and O–H groups in total. The molecule has 0 aliphatic heterocycles. The summed E-state index contributed by atoms with van der Waals surface area (Å²) in [5.74, 6) is 6.68. The van der Waals surface area contributed by atoms with Crippen molar-refractivity contribution in [1.82, 2.24) is 4.98 Å². The molecule has 1 heterocycles. The number of hydrogen-bond donors (Lipinski definition) is 1. The maximum atomic E-state index is 5.78. The quantitative estimate of drug-likeness (QED) is 0.760. The van der Waals surface area contributed by atoms with Crippen molar-refractivity contribution in [3.05, 3.63) is 24.0 Å². The molecule has 15 heavy (non-hydrogen) atoms. The Hall–Kier alpha value is -1.53. The van der Waals surface area contributed by atoms with E-state index in [1.807, 2.05) is 6.07 Å². The second kappa shape index (κ2) is 6.05. The van der Waals surface area contributed by atoms with Crippen LogP contribution in [-0.4, -0.2) is 18.1 Å². The van der Waals surface area contributed by atoms with Crippen LogP contribution in [0.2, 0.25) is 0 Å². The number of hydrogen-bond acceptors (Lipinski definition) is 3. The van der Waals surface area contributed by atoms with Crippen LogP contribution in [0.25, 0.3) is 0 Å². The van der Waals surface area contributed by atoms with Crippen molar-refractivity contribution in [2.45, 2.75) is 25.8 Å². The summed E-state index contributed by atoms with van der Waals surface area (Å²) in [6.07, 6.45) is 5.32. The van der Waals surface area contributed by atoms with Crippen molar-refractivity contribution in [2.24, 2.45) is 5.73 Å². The second-order valence-electron chi connectivity index (χ2n) is 3.28. The second-order valence-corrected chi connectivity index (χ2v) is 3.28. The predicted molar refractivity (Wildman–Crippen MR) is 60.6 cm³/mol. The number of rotatable bonds is 3. The number of ether oxygens (including phenoxy) is 1. The van der Waals surface area contributed by atoms with Crippen molar-refractivity contribution in [3.63, 3.8) is 0 Å². The van der Waals surface area contributed by atoms with Crippen LogP contribution in [0.1, 0.15) is 25.3 Å². The first-order chi connectivity index (χ1) is 7.26. The van der Waals surface area contributed by atoms with E-state index in [2.05, 4.69) is 23.7 Å². The molecule has 1 aromatic heterocycles. The van der Waals surface area contributed by atoms with Crippen molar-refractivity contribution >= 4 is 0 Å².